The van der Waals surface area contributed by atoms with Crippen LogP contribution in [-0.2, 0) is 6.61 Å². The Bertz CT molecular complexity index is 956. The average molecular weight is 390 g/mol. The lowest BCUT2D eigenvalue weighted by Gasteiger charge is -2.09. The molecule has 148 valence electrons. The zero-order valence-corrected chi connectivity index (χ0v) is 15.8. The average Bonchev–Trinajstić information content (AvgIpc) is 2.76. The second kappa shape index (κ2) is 9.94. The molecule has 3 aromatic rings. The van der Waals surface area contributed by atoms with Crippen molar-refractivity contribution in [2.24, 2.45) is 0 Å². The van der Waals surface area contributed by atoms with Crippen LogP contribution < -0.4 is 15.4 Å². The molecule has 0 spiro atoms. The molecule has 0 atom stereocenters. The van der Waals surface area contributed by atoms with Crippen LogP contribution in [0.25, 0.3) is 0 Å². The molecule has 0 bridgehead atoms. The minimum Gasteiger partial charge on any atom is -0.507 e. The summed E-state index contributed by atoms with van der Waals surface area (Å²) in [6, 6.07) is 23.0. The van der Waals surface area contributed by atoms with Crippen molar-refractivity contribution in [2.75, 3.05) is 13.1 Å². The summed E-state index contributed by atoms with van der Waals surface area (Å²) in [4.78, 5) is 24.2. The highest BCUT2D eigenvalue weighted by atomic mass is 16.5. The number of ether oxygens (including phenoxy) is 1. The van der Waals surface area contributed by atoms with Crippen molar-refractivity contribution >= 4 is 11.8 Å². The normalized spacial score (nSPS) is 10.2. The van der Waals surface area contributed by atoms with E-state index in [4.69, 9.17) is 4.74 Å². The first-order valence-electron chi connectivity index (χ1n) is 9.24. The molecule has 3 N–H and O–H groups in total. The van der Waals surface area contributed by atoms with E-state index in [0.717, 1.165) is 11.3 Å². The van der Waals surface area contributed by atoms with Gasteiger partial charge < -0.3 is 20.5 Å². The van der Waals surface area contributed by atoms with Crippen molar-refractivity contribution in [3.05, 3.63) is 95.6 Å². The SMILES string of the molecule is O=C(NCCNC(=O)c1ccccc1O)c1ccc(COc2ccccc2)cc1. The Hall–Kier alpha value is -3.80. The van der Waals surface area contributed by atoms with Crippen molar-refractivity contribution in [3.8, 4) is 11.5 Å². The van der Waals surface area contributed by atoms with E-state index >= 15 is 0 Å². The van der Waals surface area contributed by atoms with Crippen molar-refractivity contribution in [2.45, 2.75) is 6.61 Å². The van der Waals surface area contributed by atoms with Gasteiger partial charge in [0, 0.05) is 18.7 Å². The first kappa shape index (κ1) is 19.9. The fraction of sp³-hybridized carbons (Fsp3) is 0.130. The fourth-order valence-electron chi connectivity index (χ4n) is 2.65. The van der Waals surface area contributed by atoms with Gasteiger partial charge >= 0.3 is 0 Å². The number of hydrogen-bond donors (Lipinski definition) is 3. The van der Waals surface area contributed by atoms with Crippen molar-refractivity contribution in [1.82, 2.24) is 10.6 Å². The second-order valence-corrected chi connectivity index (χ2v) is 6.33. The van der Waals surface area contributed by atoms with Gasteiger partial charge in [0.25, 0.3) is 11.8 Å². The number of aromatic hydroxyl groups is 1. The number of amides is 2. The predicted octanol–water partition coefficient (Wildman–Crippen LogP) is 3.13. The Balaban J connectivity index is 1.41. The maximum absolute atomic E-state index is 12.2. The third-order valence-corrected chi connectivity index (χ3v) is 4.21. The molecule has 2 amide bonds. The molecule has 6 heteroatoms. The van der Waals surface area contributed by atoms with Gasteiger partial charge in [-0.15, -0.1) is 0 Å². The van der Waals surface area contributed by atoms with Gasteiger partial charge in [-0.05, 0) is 42.0 Å². The van der Waals surface area contributed by atoms with Crippen LogP contribution in [0.2, 0.25) is 0 Å². The lowest BCUT2D eigenvalue weighted by Crippen LogP contribution is -2.34. The Labute approximate surface area is 169 Å². The summed E-state index contributed by atoms with van der Waals surface area (Å²) in [5.74, 6) is 0.100. The van der Waals surface area contributed by atoms with E-state index in [-0.39, 0.29) is 36.2 Å². The van der Waals surface area contributed by atoms with Gasteiger partial charge in [0.15, 0.2) is 0 Å². The molecule has 0 aromatic heterocycles. The maximum Gasteiger partial charge on any atom is 0.255 e. The molecular weight excluding hydrogens is 368 g/mol. The van der Waals surface area contributed by atoms with Gasteiger partial charge in [-0.3, -0.25) is 9.59 Å². The van der Waals surface area contributed by atoms with Crippen LogP contribution in [0, 0.1) is 0 Å². The molecule has 0 saturated heterocycles. The fourth-order valence-corrected chi connectivity index (χ4v) is 2.65. The lowest BCUT2D eigenvalue weighted by molar-refractivity contribution is 0.0926. The molecule has 0 heterocycles. The van der Waals surface area contributed by atoms with Gasteiger partial charge in [-0.25, -0.2) is 0 Å². The molecule has 6 nitrogen and oxygen atoms in total. The van der Waals surface area contributed by atoms with Crippen LogP contribution in [-0.4, -0.2) is 30.0 Å². The first-order chi connectivity index (χ1) is 14.1. The molecule has 0 aliphatic heterocycles. The molecular formula is C23H22N2O4. The molecule has 0 radical (unpaired) electrons. The van der Waals surface area contributed by atoms with Gasteiger partial charge in [-0.2, -0.15) is 0 Å². The highest BCUT2D eigenvalue weighted by Gasteiger charge is 2.10. The van der Waals surface area contributed by atoms with Gasteiger partial charge in [0.05, 0.1) is 5.56 Å². The van der Waals surface area contributed by atoms with Gasteiger partial charge in [-0.1, -0.05) is 42.5 Å². The number of carbonyl (C=O) groups excluding carboxylic acids is 2. The van der Waals surface area contributed by atoms with Crippen LogP contribution in [0.1, 0.15) is 26.3 Å². The molecule has 0 unspecified atom stereocenters. The molecule has 29 heavy (non-hydrogen) atoms. The summed E-state index contributed by atoms with van der Waals surface area (Å²) >= 11 is 0. The Kier molecular flexibility index (Phi) is 6.84. The Morgan fingerprint density at radius 3 is 2.07 bits per heavy atom. The third-order valence-electron chi connectivity index (χ3n) is 4.21. The number of nitrogens with one attached hydrogen (secondary N) is 2. The van der Waals surface area contributed by atoms with Crippen LogP contribution >= 0.6 is 0 Å². The quantitative estimate of drug-likeness (QED) is 0.516. The standard InChI is InChI=1S/C23H22N2O4/c26-21-9-5-4-8-20(21)23(28)25-15-14-24-22(27)18-12-10-17(11-13-18)16-29-19-6-2-1-3-7-19/h1-13,26H,14-16H2,(H,24,27)(H,25,28). The first-order valence-corrected chi connectivity index (χ1v) is 9.24. The van der Waals surface area contributed by atoms with E-state index < -0.39 is 0 Å². The van der Waals surface area contributed by atoms with Crippen LogP contribution in [0.3, 0.4) is 0 Å². The van der Waals surface area contributed by atoms with Crippen molar-refractivity contribution in [1.29, 1.82) is 0 Å². The van der Waals surface area contributed by atoms with E-state index in [2.05, 4.69) is 10.6 Å². The number of benzene rings is 3. The van der Waals surface area contributed by atoms with E-state index in [9.17, 15) is 14.7 Å². The van der Waals surface area contributed by atoms with Crippen LogP contribution in [0.5, 0.6) is 11.5 Å². The number of hydrogen-bond acceptors (Lipinski definition) is 4. The number of para-hydroxylation sites is 2. The largest absolute Gasteiger partial charge is 0.507 e. The molecule has 0 aliphatic rings. The molecule has 0 saturated carbocycles. The summed E-state index contributed by atoms with van der Waals surface area (Å²) in [5, 5.41) is 15.1. The van der Waals surface area contributed by atoms with Gasteiger partial charge in [0.1, 0.15) is 18.1 Å². The van der Waals surface area contributed by atoms with E-state index in [1.54, 1.807) is 24.3 Å². The molecule has 0 fully saturated rings. The number of rotatable bonds is 8. The van der Waals surface area contributed by atoms with Crippen LogP contribution in [0.15, 0.2) is 78.9 Å². The summed E-state index contributed by atoms with van der Waals surface area (Å²) in [7, 11) is 0. The van der Waals surface area contributed by atoms with E-state index in [0.29, 0.717) is 12.2 Å². The van der Waals surface area contributed by atoms with Crippen LogP contribution in [0.4, 0.5) is 0 Å². The van der Waals surface area contributed by atoms with E-state index in [1.165, 1.54) is 12.1 Å². The van der Waals surface area contributed by atoms with Crippen molar-refractivity contribution in [3.63, 3.8) is 0 Å². The lowest BCUT2D eigenvalue weighted by atomic mass is 10.1. The second-order valence-electron chi connectivity index (χ2n) is 6.33. The maximum atomic E-state index is 12.2. The Morgan fingerprint density at radius 2 is 1.38 bits per heavy atom. The summed E-state index contributed by atoms with van der Waals surface area (Å²) in [6.45, 7) is 0.948. The predicted molar refractivity (Wildman–Crippen MR) is 110 cm³/mol. The number of phenolic OH excluding ortho intramolecular Hbond substituents is 1. The highest BCUT2D eigenvalue weighted by molar-refractivity contribution is 5.97. The molecule has 3 aromatic carbocycles. The number of phenols is 1. The smallest absolute Gasteiger partial charge is 0.255 e. The monoisotopic (exact) mass is 390 g/mol. The molecule has 3 rings (SSSR count). The minimum absolute atomic E-state index is 0.0784. The topological polar surface area (TPSA) is 87.7 Å². The third kappa shape index (κ3) is 5.84. The summed E-state index contributed by atoms with van der Waals surface area (Å²) in [5.41, 5.74) is 1.69. The van der Waals surface area contributed by atoms with E-state index in [1.807, 2.05) is 42.5 Å². The minimum atomic E-state index is -0.389. The number of carbonyl (C=O) groups is 2. The van der Waals surface area contributed by atoms with Gasteiger partial charge in [0.2, 0.25) is 0 Å². The molecule has 0 aliphatic carbocycles. The summed E-state index contributed by atoms with van der Waals surface area (Å²) in [6.07, 6.45) is 0. The van der Waals surface area contributed by atoms with Crippen molar-refractivity contribution < 1.29 is 19.4 Å². The summed E-state index contributed by atoms with van der Waals surface area (Å²) < 4.78 is 5.68. The zero-order valence-electron chi connectivity index (χ0n) is 15.8. The Morgan fingerprint density at radius 1 is 0.759 bits per heavy atom. The highest BCUT2D eigenvalue weighted by Crippen LogP contribution is 2.15. The zero-order chi connectivity index (χ0) is 20.5.